The third-order valence-corrected chi connectivity index (χ3v) is 4.26. The van der Waals surface area contributed by atoms with Crippen LogP contribution in [0, 0.1) is 0 Å². The van der Waals surface area contributed by atoms with E-state index in [1.807, 2.05) is 0 Å². The Hall–Kier alpha value is -0.0900. The summed E-state index contributed by atoms with van der Waals surface area (Å²) in [5.41, 5.74) is 0. The molecule has 0 aromatic heterocycles. The van der Waals surface area contributed by atoms with Crippen LogP contribution in [0.3, 0.4) is 0 Å². The second-order valence-electron chi connectivity index (χ2n) is 2.64. The summed E-state index contributed by atoms with van der Waals surface area (Å²) in [6.07, 6.45) is 1.93. The number of aliphatic hydroxyl groups is 1. The van der Waals surface area contributed by atoms with E-state index in [-0.39, 0.29) is 11.9 Å². The predicted molar refractivity (Wildman–Crippen MR) is 38.5 cm³/mol. The number of hydrogen-bond acceptors (Lipinski definition) is 3. The first-order valence-electron chi connectivity index (χ1n) is 3.49. The Morgan fingerprint density at radius 1 is 1.50 bits per heavy atom. The minimum Gasteiger partial charge on any atom is -0.396 e. The molecule has 1 heterocycles. The lowest BCUT2D eigenvalue weighted by Crippen LogP contribution is -2.16. The van der Waals surface area contributed by atoms with Crippen molar-refractivity contribution in [2.75, 3.05) is 12.4 Å². The van der Waals surface area contributed by atoms with Crippen molar-refractivity contribution in [3.8, 4) is 0 Å². The molecule has 4 heteroatoms. The summed E-state index contributed by atoms with van der Waals surface area (Å²) < 4.78 is 22.1. The minimum absolute atomic E-state index is 0.0100. The fourth-order valence-electron chi connectivity index (χ4n) is 1.33. The molecule has 0 bridgehead atoms. The summed E-state index contributed by atoms with van der Waals surface area (Å²) in [4.78, 5) is 0. The Labute approximate surface area is 61.0 Å². The molecule has 0 radical (unpaired) electrons. The lowest BCUT2D eigenvalue weighted by Gasteiger charge is -2.04. The van der Waals surface area contributed by atoms with E-state index in [0.29, 0.717) is 12.2 Å². The van der Waals surface area contributed by atoms with Crippen LogP contribution in [0.5, 0.6) is 0 Å². The first-order chi connectivity index (χ1) is 4.67. The van der Waals surface area contributed by atoms with Gasteiger partial charge in [0.25, 0.3) is 0 Å². The molecule has 0 saturated carbocycles. The lowest BCUT2D eigenvalue weighted by atomic mass is 10.2. The SMILES string of the molecule is O=S1(=O)CCCC1CCO. The third-order valence-electron chi connectivity index (χ3n) is 1.91. The summed E-state index contributed by atoms with van der Waals surface area (Å²) in [6.45, 7) is -0.0100. The molecule has 60 valence electrons. The number of aliphatic hydroxyl groups excluding tert-OH is 1. The van der Waals surface area contributed by atoms with Gasteiger partial charge < -0.3 is 5.11 Å². The number of rotatable bonds is 2. The molecule has 0 aromatic rings. The maximum atomic E-state index is 11.0. The van der Waals surface area contributed by atoms with Gasteiger partial charge in [-0.25, -0.2) is 8.42 Å². The monoisotopic (exact) mass is 164 g/mol. The first kappa shape index (κ1) is 8.01. The van der Waals surface area contributed by atoms with Crippen molar-refractivity contribution in [1.82, 2.24) is 0 Å². The number of sulfone groups is 1. The zero-order chi connectivity index (χ0) is 7.61. The molecular weight excluding hydrogens is 152 g/mol. The van der Waals surface area contributed by atoms with Gasteiger partial charge in [-0.3, -0.25) is 0 Å². The molecule has 1 rings (SSSR count). The van der Waals surface area contributed by atoms with E-state index in [0.717, 1.165) is 12.8 Å². The standard InChI is InChI=1S/C6H12O3S/c7-4-3-6-2-1-5-10(6,8)9/h6-7H,1-5H2. The Kier molecular flexibility index (Phi) is 2.31. The van der Waals surface area contributed by atoms with E-state index in [9.17, 15) is 8.42 Å². The molecule has 3 nitrogen and oxygen atoms in total. The third kappa shape index (κ3) is 1.49. The van der Waals surface area contributed by atoms with Crippen LogP contribution >= 0.6 is 0 Å². The molecule has 1 aliphatic rings. The molecule has 1 N–H and O–H groups in total. The highest BCUT2D eigenvalue weighted by Crippen LogP contribution is 2.21. The van der Waals surface area contributed by atoms with Gasteiger partial charge in [0, 0.05) is 6.61 Å². The van der Waals surface area contributed by atoms with Crippen LogP contribution < -0.4 is 0 Å². The van der Waals surface area contributed by atoms with Crippen molar-refractivity contribution in [2.24, 2.45) is 0 Å². The van der Waals surface area contributed by atoms with Gasteiger partial charge in [-0.2, -0.15) is 0 Å². The van der Waals surface area contributed by atoms with Crippen molar-refractivity contribution in [3.63, 3.8) is 0 Å². The fraction of sp³-hybridized carbons (Fsp3) is 1.00. The van der Waals surface area contributed by atoms with E-state index in [1.54, 1.807) is 0 Å². The zero-order valence-electron chi connectivity index (χ0n) is 5.78. The molecule has 0 amide bonds. The highest BCUT2D eigenvalue weighted by molar-refractivity contribution is 7.92. The largest absolute Gasteiger partial charge is 0.396 e. The van der Waals surface area contributed by atoms with Gasteiger partial charge in [0.1, 0.15) is 0 Å². The molecule has 0 aromatic carbocycles. The van der Waals surface area contributed by atoms with Gasteiger partial charge in [0.2, 0.25) is 0 Å². The van der Waals surface area contributed by atoms with Crippen molar-refractivity contribution < 1.29 is 13.5 Å². The van der Waals surface area contributed by atoms with Gasteiger partial charge in [-0.05, 0) is 19.3 Å². The molecule has 10 heavy (non-hydrogen) atoms. The molecule has 1 saturated heterocycles. The molecule has 1 fully saturated rings. The molecule has 1 unspecified atom stereocenters. The van der Waals surface area contributed by atoms with Crippen molar-refractivity contribution in [2.45, 2.75) is 24.5 Å². The topological polar surface area (TPSA) is 54.4 Å². The van der Waals surface area contributed by atoms with Crippen LogP contribution in [0.25, 0.3) is 0 Å². The van der Waals surface area contributed by atoms with E-state index in [4.69, 9.17) is 5.11 Å². The summed E-state index contributed by atoms with van der Waals surface area (Å²) in [5.74, 6) is 0.317. The fourth-order valence-corrected chi connectivity index (χ4v) is 3.22. The van der Waals surface area contributed by atoms with Crippen molar-refractivity contribution in [3.05, 3.63) is 0 Å². The number of hydrogen-bond donors (Lipinski definition) is 1. The normalized spacial score (nSPS) is 30.7. The van der Waals surface area contributed by atoms with Crippen LogP contribution in [0.2, 0.25) is 0 Å². The van der Waals surface area contributed by atoms with Gasteiger partial charge in [0.15, 0.2) is 9.84 Å². The van der Waals surface area contributed by atoms with Crippen LogP contribution in [-0.4, -0.2) is 31.1 Å². The van der Waals surface area contributed by atoms with Gasteiger partial charge in [-0.1, -0.05) is 0 Å². The zero-order valence-corrected chi connectivity index (χ0v) is 6.60. The van der Waals surface area contributed by atoms with Crippen LogP contribution in [0.15, 0.2) is 0 Å². The molecule has 1 aliphatic heterocycles. The molecule has 1 atom stereocenters. The summed E-state index contributed by atoms with van der Waals surface area (Å²) >= 11 is 0. The van der Waals surface area contributed by atoms with Crippen molar-refractivity contribution >= 4 is 9.84 Å². The smallest absolute Gasteiger partial charge is 0.153 e. The summed E-state index contributed by atoms with van der Waals surface area (Å²) in [6, 6.07) is 0. The highest BCUT2D eigenvalue weighted by atomic mass is 32.2. The van der Waals surface area contributed by atoms with Crippen LogP contribution in [0.1, 0.15) is 19.3 Å². The maximum Gasteiger partial charge on any atom is 0.153 e. The Morgan fingerprint density at radius 2 is 2.20 bits per heavy atom. The summed E-state index contributed by atoms with van der Waals surface area (Å²) in [5, 5.41) is 8.24. The Morgan fingerprint density at radius 3 is 2.60 bits per heavy atom. The van der Waals surface area contributed by atoms with Crippen LogP contribution in [0.4, 0.5) is 0 Å². The first-order valence-corrected chi connectivity index (χ1v) is 5.21. The van der Waals surface area contributed by atoms with Crippen molar-refractivity contribution in [1.29, 1.82) is 0 Å². The quantitative estimate of drug-likeness (QED) is 0.622. The Bertz CT molecular complexity index is 195. The second kappa shape index (κ2) is 2.88. The van der Waals surface area contributed by atoms with E-state index in [1.165, 1.54) is 0 Å². The van der Waals surface area contributed by atoms with E-state index >= 15 is 0 Å². The van der Waals surface area contributed by atoms with E-state index < -0.39 is 9.84 Å². The summed E-state index contributed by atoms with van der Waals surface area (Å²) in [7, 11) is -2.81. The van der Waals surface area contributed by atoms with E-state index in [2.05, 4.69) is 0 Å². The average molecular weight is 164 g/mol. The second-order valence-corrected chi connectivity index (χ2v) is 5.04. The van der Waals surface area contributed by atoms with Crippen LogP contribution in [-0.2, 0) is 9.84 Å². The van der Waals surface area contributed by atoms with Gasteiger partial charge >= 0.3 is 0 Å². The highest BCUT2D eigenvalue weighted by Gasteiger charge is 2.30. The predicted octanol–water partition coefficient (Wildman–Crippen LogP) is -0.0540. The maximum absolute atomic E-state index is 11.0. The molecular formula is C6H12O3S. The lowest BCUT2D eigenvalue weighted by molar-refractivity contribution is 0.285. The average Bonchev–Trinajstić information content (AvgIpc) is 2.13. The van der Waals surface area contributed by atoms with Gasteiger partial charge in [-0.15, -0.1) is 0 Å². The molecule has 0 spiro atoms. The van der Waals surface area contributed by atoms with Gasteiger partial charge in [0.05, 0.1) is 11.0 Å². The Balaban J connectivity index is 2.60. The molecule has 0 aliphatic carbocycles. The minimum atomic E-state index is -2.81.